The molecule has 0 spiro atoms. The van der Waals surface area contributed by atoms with Crippen molar-refractivity contribution in [2.45, 2.75) is 23.8 Å². The first-order valence-electron chi connectivity index (χ1n) is 8.59. The van der Waals surface area contributed by atoms with Gasteiger partial charge >= 0.3 is 0 Å². The second-order valence-corrected chi connectivity index (χ2v) is 8.09. The Morgan fingerprint density at radius 1 is 1.15 bits per heavy atom. The van der Waals surface area contributed by atoms with E-state index >= 15 is 0 Å². The Labute approximate surface area is 153 Å². The standard InChI is InChI=1S/C17H24N2O6S/c1-23-13-5-6-15(24-2)16(12-13)26(21,22)19-7-3-4-14(19)17(20)18-8-10-25-11-9-18/h5-6,12,14H,3-4,7-11H2,1-2H3. The molecule has 2 aliphatic rings. The van der Waals surface area contributed by atoms with Crippen LogP contribution in [0.4, 0.5) is 0 Å². The molecular formula is C17H24N2O6S. The molecule has 8 nitrogen and oxygen atoms in total. The highest BCUT2D eigenvalue weighted by atomic mass is 32.2. The number of carbonyl (C=O) groups is 1. The van der Waals surface area contributed by atoms with Gasteiger partial charge in [-0.15, -0.1) is 0 Å². The number of ether oxygens (including phenoxy) is 3. The first kappa shape index (κ1) is 18.9. The molecule has 0 N–H and O–H groups in total. The van der Waals surface area contributed by atoms with Crippen molar-refractivity contribution in [2.75, 3.05) is 47.1 Å². The van der Waals surface area contributed by atoms with Crippen LogP contribution >= 0.6 is 0 Å². The van der Waals surface area contributed by atoms with Gasteiger partial charge in [-0.1, -0.05) is 0 Å². The van der Waals surface area contributed by atoms with Crippen LogP contribution in [-0.4, -0.2) is 76.6 Å². The van der Waals surface area contributed by atoms with Crippen molar-refractivity contribution in [1.82, 2.24) is 9.21 Å². The van der Waals surface area contributed by atoms with Crippen molar-refractivity contribution in [3.05, 3.63) is 18.2 Å². The van der Waals surface area contributed by atoms with Gasteiger partial charge in [0.2, 0.25) is 15.9 Å². The van der Waals surface area contributed by atoms with Gasteiger partial charge in [-0.3, -0.25) is 4.79 Å². The van der Waals surface area contributed by atoms with E-state index < -0.39 is 16.1 Å². The highest BCUT2D eigenvalue weighted by molar-refractivity contribution is 7.89. The van der Waals surface area contributed by atoms with Crippen LogP contribution in [0.1, 0.15) is 12.8 Å². The average molecular weight is 384 g/mol. The van der Waals surface area contributed by atoms with Gasteiger partial charge in [0.1, 0.15) is 22.4 Å². The highest BCUT2D eigenvalue weighted by Gasteiger charge is 2.42. The fraction of sp³-hybridized carbons (Fsp3) is 0.588. The van der Waals surface area contributed by atoms with Gasteiger partial charge < -0.3 is 19.1 Å². The minimum atomic E-state index is -3.90. The molecule has 144 valence electrons. The van der Waals surface area contributed by atoms with Gasteiger partial charge in [0.15, 0.2) is 0 Å². The summed E-state index contributed by atoms with van der Waals surface area (Å²) < 4.78 is 43.5. The Morgan fingerprint density at radius 3 is 2.54 bits per heavy atom. The molecule has 0 aromatic heterocycles. The van der Waals surface area contributed by atoms with Crippen molar-refractivity contribution >= 4 is 15.9 Å². The van der Waals surface area contributed by atoms with E-state index in [4.69, 9.17) is 14.2 Å². The second kappa shape index (κ2) is 7.81. The molecule has 3 rings (SSSR count). The quantitative estimate of drug-likeness (QED) is 0.744. The van der Waals surface area contributed by atoms with E-state index in [-0.39, 0.29) is 16.6 Å². The van der Waals surface area contributed by atoms with Crippen LogP contribution in [0.2, 0.25) is 0 Å². The summed E-state index contributed by atoms with van der Waals surface area (Å²) in [5.74, 6) is 0.492. The maximum atomic E-state index is 13.3. The molecule has 9 heteroatoms. The number of morpholine rings is 1. The summed E-state index contributed by atoms with van der Waals surface area (Å²) in [6.07, 6.45) is 1.16. The Hall–Kier alpha value is -1.84. The number of hydrogen-bond acceptors (Lipinski definition) is 6. The summed E-state index contributed by atoms with van der Waals surface area (Å²) >= 11 is 0. The Kier molecular flexibility index (Phi) is 5.69. The molecule has 1 amide bonds. The van der Waals surface area contributed by atoms with Gasteiger partial charge in [-0.2, -0.15) is 4.31 Å². The van der Waals surface area contributed by atoms with Gasteiger partial charge in [0.25, 0.3) is 0 Å². The molecular weight excluding hydrogens is 360 g/mol. The fourth-order valence-corrected chi connectivity index (χ4v) is 5.20. The lowest BCUT2D eigenvalue weighted by Gasteiger charge is -2.32. The lowest BCUT2D eigenvalue weighted by Crippen LogP contribution is -2.51. The van der Waals surface area contributed by atoms with Gasteiger partial charge in [0, 0.05) is 25.7 Å². The number of carbonyl (C=O) groups excluding carboxylic acids is 1. The number of hydrogen-bond donors (Lipinski definition) is 0. The lowest BCUT2D eigenvalue weighted by atomic mass is 10.2. The number of amides is 1. The zero-order chi connectivity index (χ0) is 18.7. The molecule has 0 aliphatic carbocycles. The fourth-order valence-electron chi connectivity index (χ4n) is 3.38. The maximum Gasteiger partial charge on any atom is 0.247 e. The van der Waals surface area contributed by atoms with E-state index in [0.29, 0.717) is 51.4 Å². The maximum absolute atomic E-state index is 13.3. The molecule has 0 saturated carbocycles. The average Bonchev–Trinajstić information content (AvgIpc) is 3.18. The van der Waals surface area contributed by atoms with E-state index in [9.17, 15) is 13.2 Å². The predicted octanol–water partition coefficient (Wildman–Crippen LogP) is 0.716. The van der Waals surface area contributed by atoms with Gasteiger partial charge in [-0.05, 0) is 25.0 Å². The van der Waals surface area contributed by atoms with Crippen molar-refractivity contribution < 1.29 is 27.4 Å². The Bertz CT molecular complexity index is 761. The number of methoxy groups -OCH3 is 2. The van der Waals surface area contributed by atoms with E-state index in [2.05, 4.69) is 0 Å². The minimum Gasteiger partial charge on any atom is -0.497 e. The zero-order valence-corrected chi connectivity index (χ0v) is 15.8. The first-order valence-corrected chi connectivity index (χ1v) is 10.0. The smallest absolute Gasteiger partial charge is 0.247 e. The number of nitrogens with zero attached hydrogens (tertiary/aromatic N) is 2. The molecule has 1 aromatic rings. The molecule has 2 saturated heterocycles. The van der Waals surface area contributed by atoms with Crippen LogP contribution in [0.15, 0.2) is 23.1 Å². The SMILES string of the molecule is COc1ccc(OC)c(S(=O)(=O)N2CCCC2C(=O)N2CCOCC2)c1. The van der Waals surface area contributed by atoms with Crippen LogP contribution < -0.4 is 9.47 Å². The zero-order valence-electron chi connectivity index (χ0n) is 15.0. The molecule has 0 bridgehead atoms. The molecule has 1 aromatic carbocycles. The molecule has 0 radical (unpaired) electrons. The molecule has 2 heterocycles. The third-order valence-corrected chi connectivity index (χ3v) is 6.70. The molecule has 1 unspecified atom stereocenters. The summed E-state index contributed by atoms with van der Waals surface area (Å²) in [6.45, 7) is 2.25. The Balaban J connectivity index is 1.91. The third-order valence-electron chi connectivity index (χ3n) is 4.77. The second-order valence-electron chi connectivity index (χ2n) is 6.23. The van der Waals surface area contributed by atoms with Crippen LogP contribution in [0.25, 0.3) is 0 Å². The molecule has 26 heavy (non-hydrogen) atoms. The van der Waals surface area contributed by atoms with Crippen LogP contribution in [0.3, 0.4) is 0 Å². The lowest BCUT2D eigenvalue weighted by molar-refractivity contribution is -0.138. The van der Waals surface area contributed by atoms with Gasteiger partial charge in [-0.25, -0.2) is 8.42 Å². The highest BCUT2D eigenvalue weighted by Crippen LogP contribution is 2.34. The van der Waals surface area contributed by atoms with Crippen molar-refractivity contribution in [2.24, 2.45) is 0 Å². The number of sulfonamides is 1. The summed E-state index contributed by atoms with van der Waals surface area (Å²) in [7, 11) is -1.01. The largest absolute Gasteiger partial charge is 0.497 e. The van der Waals surface area contributed by atoms with Crippen molar-refractivity contribution in [3.63, 3.8) is 0 Å². The van der Waals surface area contributed by atoms with E-state index in [1.165, 1.54) is 24.6 Å². The molecule has 2 aliphatic heterocycles. The van der Waals surface area contributed by atoms with Crippen LogP contribution in [0.5, 0.6) is 11.5 Å². The van der Waals surface area contributed by atoms with E-state index in [0.717, 1.165) is 0 Å². The number of rotatable bonds is 5. The minimum absolute atomic E-state index is 0.0148. The summed E-state index contributed by atoms with van der Waals surface area (Å²) in [4.78, 5) is 14.6. The van der Waals surface area contributed by atoms with Crippen molar-refractivity contribution in [3.8, 4) is 11.5 Å². The monoisotopic (exact) mass is 384 g/mol. The Morgan fingerprint density at radius 2 is 1.88 bits per heavy atom. The molecule has 2 fully saturated rings. The number of benzene rings is 1. The first-order chi connectivity index (χ1) is 12.5. The van der Waals surface area contributed by atoms with E-state index in [1.807, 2.05) is 0 Å². The predicted molar refractivity (Wildman–Crippen MR) is 93.9 cm³/mol. The van der Waals surface area contributed by atoms with Crippen LogP contribution in [-0.2, 0) is 19.6 Å². The summed E-state index contributed by atoms with van der Waals surface area (Å²) in [5, 5.41) is 0. The van der Waals surface area contributed by atoms with Crippen molar-refractivity contribution in [1.29, 1.82) is 0 Å². The van der Waals surface area contributed by atoms with E-state index in [1.54, 1.807) is 17.0 Å². The summed E-state index contributed by atoms with van der Waals surface area (Å²) in [5.41, 5.74) is 0. The normalized spacial score (nSPS) is 21.6. The summed E-state index contributed by atoms with van der Waals surface area (Å²) in [6, 6.07) is 3.94. The third kappa shape index (κ3) is 3.51. The van der Waals surface area contributed by atoms with Gasteiger partial charge in [0.05, 0.1) is 27.4 Å². The molecule has 1 atom stereocenters. The topological polar surface area (TPSA) is 85.4 Å². The van der Waals surface area contributed by atoms with Crippen LogP contribution in [0, 0.1) is 0 Å².